The van der Waals surface area contributed by atoms with E-state index in [0.717, 1.165) is 0 Å². The van der Waals surface area contributed by atoms with E-state index in [1.807, 2.05) is 0 Å². The highest BCUT2D eigenvalue weighted by molar-refractivity contribution is 5.97. The number of carbonyl (C=O) groups excluding carboxylic acids is 1. The number of allylic oxidation sites excluding steroid dienone is 1. The van der Waals surface area contributed by atoms with Crippen molar-refractivity contribution in [2.75, 3.05) is 0 Å². The summed E-state index contributed by atoms with van der Waals surface area (Å²) in [6, 6.07) is 0. The number of hydrogen-bond acceptors (Lipinski definition) is 1. The smallest absolute Gasteiger partial charge is 0.265 e. The molecule has 0 heterocycles. The van der Waals surface area contributed by atoms with E-state index in [9.17, 15) is 13.6 Å². The highest BCUT2D eigenvalue weighted by Gasteiger charge is 2.22. The van der Waals surface area contributed by atoms with Crippen molar-refractivity contribution in [3.05, 3.63) is 28.5 Å². The summed E-state index contributed by atoms with van der Waals surface area (Å²) in [6.45, 7) is 1.58. The Bertz CT molecular complexity index is 322. The third-order valence-electron chi connectivity index (χ3n) is 1.46. The number of hydrogen-bond donors (Lipinski definition) is 1. The first kappa shape index (κ1) is 8.68. The molecule has 12 heavy (non-hydrogen) atoms. The molecule has 0 spiro atoms. The fourth-order valence-corrected chi connectivity index (χ4v) is 0.987. The maximum Gasteiger partial charge on any atom is 0.265 e. The van der Waals surface area contributed by atoms with Crippen LogP contribution in [0.15, 0.2) is 28.5 Å². The number of alkyl halides is 2. The topological polar surface area (TPSA) is 43.1 Å². The second kappa shape index (κ2) is 2.91. The molecule has 0 saturated heterocycles. The molecule has 0 fully saturated rings. The zero-order valence-electron chi connectivity index (χ0n) is 6.40. The molecule has 0 aromatic rings. The molecular formula is C8H7F2NO. The van der Waals surface area contributed by atoms with Gasteiger partial charge in [0.2, 0.25) is 0 Å². The maximum absolute atomic E-state index is 12.2. The predicted molar refractivity (Wildman–Crippen MR) is 39.5 cm³/mol. The summed E-state index contributed by atoms with van der Waals surface area (Å²) in [7, 11) is 0. The van der Waals surface area contributed by atoms with Gasteiger partial charge in [-0.1, -0.05) is 0 Å². The minimum absolute atomic E-state index is 0.206. The van der Waals surface area contributed by atoms with Crippen molar-refractivity contribution in [3.63, 3.8) is 0 Å². The Kier molecular flexibility index (Phi) is 2.11. The molecule has 1 rings (SSSR count). The summed E-state index contributed by atoms with van der Waals surface area (Å²) in [4.78, 5) is 10.6. The Hall–Kier alpha value is -1.41. The van der Waals surface area contributed by atoms with Gasteiger partial charge in [-0.3, -0.25) is 4.79 Å². The van der Waals surface area contributed by atoms with Crippen molar-refractivity contribution >= 4 is 5.91 Å². The Morgan fingerprint density at radius 3 is 2.58 bits per heavy atom. The second-order valence-electron chi connectivity index (χ2n) is 2.45. The summed E-state index contributed by atoms with van der Waals surface area (Å²) < 4.78 is 24.3. The molecule has 0 atom stereocenters. The van der Waals surface area contributed by atoms with Crippen LogP contribution in [0.5, 0.6) is 0 Å². The molecule has 0 aliphatic heterocycles. The van der Waals surface area contributed by atoms with Gasteiger partial charge in [0, 0.05) is 5.57 Å². The summed E-state index contributed by atoms with van der Waals surface area (Å²) in [6.07, 6.45) is -1.46. The van der Waals surface area contributed by atoms with E-state index in [1.165, 1.54) is 6.08 Å². The van der Waals surface area contributed by atoms with Gasteiger partial charge in [-0.25, -0.2) is 8.78 Å². The zero-order valence-corrected chi connectivity index (χ0v) is 6.40. The van der Waals surface area contributed by atoms with Crippen LogP contribution >= 0.6 is 0 Å². The monoisotopic (exact) mass is 171 g/mol. The molecule has 0 saturated carbocycles. The number of carbonyl (C=O) groups is 1. The number of halogens is 2. The summed E-state index contributed by atoms with van der Waals surface area (Å²) in [5.74, 6) is -0.863. The first-order valence-corrected chi connectivity index (χ1v) is 3.30. The molecule has 0 bridgehead atoms. The van der Waals surface area contributed by atoms with Crippen LogP contribution in [-0.2, 0) is 4.79 Å². The van der Waals surface area contributed by atoms with Crippen molar-refractivity contribution in [1.82, 2.24) is 0 Å². The van der Waals surface area contributed by atoms with Gasteiger partial charge in [-0.05, 0) is 18.6 Å². The molecule has 1 aliphatic rings. The van der Waals surface area contributed by atoms with E-state index in [1.54, 1.807) is 6.92 Å². The molecule has 0 aromatic carbocycles. The highest BCUT2D eigenvalue weighted by atomic mass is 19.3. The van der Waals surface area contributed by atoms with Crippen LogP contribution < -0.4 is 5.73 Å². The average molecular weight is 171 g/mol. The van der Waals surface area contributed by atoms with Gasteiger partial charge in [0.15, 0.2) is 0 Å². The van der Waals surface area contributed by atoms with Crippen molar-refractivity contribution in [2.45, 2.75) is 13.3 Å². The lowest BCUT2D eigenvalue weighted by Gasteiger charge is -2.01. The van der Waals surface area contributed by atoms with Crippen LogP contribution in [0.1, 0.15) is 6.92 Å². The molecule has 1 aliphatic carbocycles. The zero-order chi connectivity index (χ0) is 9.30. The standard InChI is InChI=1S/C8H7F2NO/c1-4-2-5(7(9)10)6(3-4)8(11)12/h2,7H,1H3,(H2,11,12). The van der Waals surface area contributed by atoms with Crippen LogP contribution in [0.2, 0.25) is 0 Å². The first-order valence-electron chi connectivity index (χ1n) is 3.30. The molecular weight excluding hydrogens is 164 g/mol. The van der Waals surface area contributed by atoms with E-state index in [-0.39, 0.29) is 11.1 Å². The van der Waals surface area contributed by atoms with Gasteiger partial charge in [-0.15, -0.1) is 5.73 Å². The van der Waals surface area contributed by atoms with E-state index >= 15 is 0 Å². The molecule has 0 aromatic heterocycles. The van der Waals surface area contributed by atoms with Gasteiger partial charge in [0.05, 0.1) is 5.57 Å². The summed E-state index contributed by atoms with van der Waals surface area (Å²) in [5, 5.41) is 0. The minimum atomic E-state index is -2.67. The van der Waals surface area contributed by atoms with Gasteiger partial charge < -0.3 is 5.73 Å². The molecule has 2 nitrogen and oxygen atoms in total. The molecule has 4 heteroatoms. The molecule has 2 N–H and O–H groups in total. The van der Waals surface area contributed by atoms with Crippen LogP contribution in [0, 0.1) is 0 Å². The van der Waals surface area contributed by atoms with Crippen molar-refractivity contribution < 1.29 is 13.6 Å². The van der Waals surface area contributed by atoms with E-state index < -0.39 is 12.3 Å². The van der Waals surface area contributed by atoms with Crippen LogP contribution in [0.25, 0.3) is 0 Å². The fourth-order valence-electron chi connectivity index (χ4n) is 0.987. The van der Waals surface area contributed by atoms with Gasteiger partial charge in [-0.2, -0.15) is 0 Å². The second-order valence-corrected chi connectivity index (χ2v) is 2.45. The lowest BCUT2D eigenvalue weighted by Crippen LogP contribution is -2.16. The molecule has 0 unspecified atom stereocenters. The maximum atomic E-state index is 12.2. The lowest BCUT2D eigenvalue weighted by molar-refractivity contribution is -0.114. The summed E-state index contributed by atoms with van der Waals surface area (Å²) >= 11 is 0. The number of primary amides is 1. The Labute approximate surface area is 68.1 Å². The molecule has 64 valence electrons. The van der Waals surface area contributed by atoms with E-state index in [2.05, 4.69) is 5.73 Å². The van der Waals surface area contributed by atoms with Gasteiger partial charge in [0.1, 0.15) is 0 Å². The molecule has 0 radical (unpaired) electrons. The van der Waals surface area contributed by atoms with Crippen molar-refractivity contribution in [1.29, 1.82) is 0 Å². The Morgan fingerprint density at radius 2 is 2.25 bits per heavy atom. The SMILES string of the molecule is CC1=C=C(C(N)=O)C(C(F)F)=C1. The normalized spacial score (nSPS) is 15.8. The largest absolute Gasteiger partial charge is 0.365 e. The first-order chi connectivity index (χ1) is 5.52. The molecule has 1 amide bonds. The average Bonchev–Trinajstić information content (AvgIpc) is 2.31. The van der Waals surface area contributed by atoms with Crippen LogP contribution in [0.4, 0.5) is 8.78 Å². The number of amides is 1. The van der Waals surface area contributed by atoms with Crippen molar-refractivity contribution in [2.24, 2.45) is 5.73 Å². The predicted octanol–water partition coefficient (Wildman–Crippen LogP) is 1.15. The van der Waals surface area contributed by atoms with E-state index in [0.29, 0.717) is 5.57 Å². The third kappa shape index (κ3) is 1.43. The fraction of sp³-hybridized carbons (Fsp3) is 0.250. The lowest BCUT2D eigenvalue weighted by atomic mass is 10.1. The van der Waals surface area contributed by atoms with Crippen LogP contribution in [-0.4, -0.2) is 12.3 Å². The summed E-state index contributed by atoms with van der Waals surface area (Å²) in [5.41, 5.74) is 7.29. The number of rotatable bonds is 2. The quantitative estimate of drug-likeness (QED) is 0.622. The van der Waals surface area contributed by atoms with Crippen LogP contribution in [0.3, 0.4) is 0 Å². The third-order valence-corrected chi connectivity index (χ3v) is 1.46. The number of nitrogens with two attached hydrogens (primary N) is 1. The highest BCUT2D eigenvalue weighted by Crippen LogP contribution is 2.24. The van der Waals surface area contributed by atoms with Gasteiger partial charge in [0.25, 0.3) is 12.3 Å². The van der Waals surface area contributed by atoms with Gasteiger partial charge >= 0.3 is 0 Å². The Balaban J connectivity index is 3.07. The Morgan fingerprint density at radius 1 is 1.67 bits per heavy atom. The van der Waals surface area contributed by atoms with E-state index in [4.69, 9.17) is 5.73 Å². The minimum Gasteiger partial charge on any atom is -0.365 e. The van der Waals surface area contributed by atoms with Crippen molar-refractivity contribution in [3.8, 4) is 0 Å².